The number of benzene rings is 2. The Balaban J connectivity index is 2.01. The van der Waals surface area contributed by atoms with Crippen molar-refractivity contribution in [3.05, 3.63) is 71.5 Å². The van der Waals surface area contributed by atoms with Crippen LogP contribution in [-0.2, 0) is 6.42 Å². The molecule has 1 N–H and O–H groups in total. The number of aromatic hydroxyl groups is 1. The van der Waals surface area contributed by atoms with Crippen LogP contribution in [0.25, 0.3) is 10.8 Å². The molecular weight excluding hydrogens is 234 g/mol. The van der Waals surface area contributed by atoms with Gasteiger partial charge >= 0.3 is 0 Å². The number of aromatic nitrogens is 1. The van der Waals surface area contributed by atoms with Crippen LogP contribution in [0.2, 0.25) is 0 Å². The maximum absolute atomic E-state index is 9.98. The maximum atomic E-state index is 9.98. The van der Waals surface area contributed by atoms with Gasteiger partial charge < -0.3 is 5.11 Å². The van der Waals surface area contributed by atoms with Crippen molar-refractivity contribution in [2.45, 2.75) is 13.3 Å². The molecule has 2 nitrogen and oxygen atoms in total. The van der Waals surface area contributed by atoms with E-state index in [0.29, 0.717) is 5.69 Å². The van der Waals surface area contributed by atoms with Gasteiger partial charge in [0.2, 0.25) is 0 Å². The molecule has 19 heavy (non-hydrogen) atoms. The SMILES string of the molecule is Cc1ncc2cc(Cc3ccccc3)ccc2c1O. The molecule has 1 aromatic heterocycles. The first-order valence-electron chi connectivity index (χ1n) is 6.35. The van der Waals surface area contributed by atoms with Gasteiger partial charge in [-0.25, -0.2) is 0 Å². The summed E-state index contributed by atoms with van der Waals surface area (Å²) in [6.07, 6.45) is 2.71. The molecule has 0 spiro atoms. The minimum absolute atomic E-state index is 0.281. The highest BCUT2D eigenvalue weighted by Gasteiger charge is 2.05. The second-order valence-electron chi connectivity index (χ2n) is 4.78. The van der Waals surface area contributed by atoms with Crippen LogP contribution in [0.3, 0.4) is 0 Å². The molecule has 0 aliphatic rings. The average molecular weight is 249 g/mol. The van der Waals surface area contributed by atoms with Gasteiger partial charge in [-0.1, -0.05) is 42.5 Å². The molecule has 0 amide bonds. The van der Waals surface area contributed by atoms with E-state index in [2.05, 4.69) is 29.2 Å². The molecule has 0 aliphatic carbocycles. The van der Waals surface area contributed by atoms with Crippen molar-refractivity contribution in [2.24, 2.45) is 0 Å². The number of hydrogen-bond acceptors (Lipinski definition) is 2. The molecular formula is C17H15NO. The van der Waals surface area contributed by atoms with Crippen molar-refractivity contribution >= 4 is 10.8 Å². The van der Waals surface area contributed by atoms with Crippen LogP contribution in [0.4, 0.5) is 0 Å². The maximum Gasteiger partial charge on any atom is 0.144 e. The Morgan fingerprint density at radius 2 is 1.79 bits per heavy atom. The van der Waals surface area contributed by atoms with Gasteiger partial charge in [-0.2, -0.15) is 0 Å². The largest absolute Gasteiger partial charge is 0.505 e. The normalized spacial score (nSPS) is 10.8. The minimum atomic E-state index is 0.281. The van der Waals surface area contributed by atoms with E-state index in [-0.39, 0.29) is 5.75 Å². The Morgan fingerprint density at radius 1 is 1.00 bits per heavy atom. The monoisotopic (exact) mass is 249 g/mol. The van der Waals surface area contributed by atoms with E-state index in [1.54, 1.807) is 0 Å². The fraction of sp³-hybridized carbons (Fsp3) is 0.118. The van der Waals surface area contributed by atoms with E-state index in [0.717, 1.165) is 17.2 Å². The Morgan fingerprint density at radius 3 is 2.58 bits per heavy atom. The molecule has 0 fully saturated rings. The number of pyridine rings is 1. The molecule has 2 heteroatoms. The van der Waals surface area contributed by atoms with Gasteiger partial charge in [-0.05, 0) is 30.5 Å². The second-order valence-corrected chi connectivity index (χ2v) is 4.78. The Kier molecular flexibility index (Phi) is 2.92. The topological polar surface area (TPSA) is 33.1 Å². The second kappa shape index (κ2) is 4.73. The van der Waals surface area contributed by atoms with Crippen molar-refractivity contribution in [3.63, 3.8) is 0 Å². The van der Waals surface area contributed by atoms with Crippen molar-refractivity contribution in [2.75, 3.05) is 0 Å². The molecule has 0 atom stereocenters. The number of fused-ring (bicyclic) bond motifs is 1. The summed E-state index contributed by atoms with van der Waals surface area (Å²) in [6.45, 7) is 1.81. The van der Waals surface area contributed by atoms with Crippen molar-refractivity contribution in [1.82, 2.24) is 4.98 Å². The van der Waals surface area contributed by atoms with Gasteiger partial charge in [0.1, 0.15) is 5.75 Å². The van der Waals surface area contributed by atoms with E-state index in [4.69, 9.17) is 0 Å². The first kappa shape index (κ1) is 11.7. The molecule has 0 bridgehead atoms. The van der Waals surface area contributed by atoms with Crippen LogP contribution in [0, 0.1) is 6.92 Å². The van der Waals surface area contributed by atoms with Crippen LogP contribution in [0.5, 0.6) is 5.75 Å². The summed E-state index contributed by atoms with van der Waals surface area (Å²) in [5, 5.41) is 11.8. The zero-order valence-electron chi connectivity index (χ0n) is 10.8. The lowest BCUT2D eigenvalue weighted by molar-refractivity contribution is 0.474. The van der Waals surface area contributed by atoms with E-state index < -0.39 is 0 Å². The van der Waals surface area contributed by atoms with Gasteiger partial charge in [0.25, 0.3) is 0 Å². The number of rotatable bonds is 2. The third-order valence-electron chi connectivity index (χ3n) is 3.36. The molecule has 2 aromatic carbocycles. The van der Waals surface area contributed by atoms with Crippen molar-refractivity contribution < 1.29 is 5.11 Å². The third-order valence-corrected chi connectivity index (χ3v) is 3.36. The van der Waals surface area contributed by atoms with Gasteiger partial charge in [0.05, 0.1) is 5.69 Å². The van der Waals surface area contributed by atoms with Crippen molar-refractivity contribution in [3.8, 4) is 5.75 Å². The highest BCUT2D eigenvalue weighted by atomic mass is 16.3. The predicted octanol–water partition coefficient (Wildman–Crippen LogP) is 3.84. The molecule has 94 valence electrons. The summed E-state index contributed by atoms with van der Waals surface area (Å²) >= 11 is 0. The molecule has 0 aliphatic heterocycles. The zero-order chi connectivity index (χ0) is 13.2. The van der Waals surface area contributed by atoms with E-state index in [1.165, 1.54) is 11.1 Å². The molecule has 3 aromatic rings. The highest BCUT2D eigenvalue weighted by molar-refractivity contribution is 5.88. The highest BCUT2D eigenvalue weighted by Crippen LogP contribution is 2.27. The quantitative estimate of drug-likeness (QED) is 0.748. The molecule has 1 heterocycles. The smallest absolute Gasteiger partial charge is 0.144 e. The summed E-state index contributed by atoms with van der Waals surface area (Å²) in [5.74, 6) is 0.281. The fourth-order valence-corrected chi connectivity index (χ4v) is 2.30. The number of nitrogens with zero attached hydrogens (tertiary/aromatic N) is 1. The van der Waals surface area contributed by atoms with Gasteiger partial charge in [-0.3, -0.25) is 4.98 Å². The zero-order valence-corrected chi connectivity index (χ0v) is 10.8. The lowest BCUT2D eigenvalue weighted by atomic mass is 10.0. The van der Waals surface area contributed by atoms with E-state index >= 15 is 0 Å². The summed E-state index contributed by atoms with van der Waals surface area (Å²) in [7, 11) is 0. The molecule has 0 saturated carbocycles. The Labute approximate surface area is 112 Å². The summed E-state index contributed by atoms with van der Waals surface area (Å²) in [6, 6.07) is 16.5. The van der Waals surface area contributed by atoms with Gasteiger partial charge in [0, 0.05) is 17.0 Å². The molecule has 3 rings (SSSR count). The van der Waals surface area contributed by atoms with Crippen LogP contribution in [0.15, 0.2) is 54.7 Å². The standard InChI is InChI=1S/C17H15NO/c1-12-17(19)16-8-7-14(10-15(16)11-18-12)9-13-5-3-2-4-6-13/h2-8,10-11,19H,9H2,1H3. The lowest BCUT2D eigenvalue weighted by Gasteiger charge is -2.06. The Hall–Kier alpha value is -2.35. The van der Waals surface area contributed by atoms with Crippen LogP contribution in [0.1, 0.15) is 16.8 Å². The first-order chi connectivity index (χ1) is 9.24. The van der Waals surface area contributed by atoms with Gasteiger partial charge in [0.15, 0.2) is 0 Å². The van der Waals surface area contributed by atoms with Crippen molar-refractivity contribution in [1.29, 1.82) is 0 Å². The fourth-order valence-electron chi connectivity index (χ4n) is 2.30. The predicted molar refractivity (Wildman–Crippen MR) is 77.4 cm³/mol. The molecule has 0 radical (unpaired) electrons. The minimum Gasteiger partial charge on any atom is -0.505 e. The summed E-state index contributed by atoms with van der Waals surface area (Å²) in [5.41, 5.74) is 3.18. The van der Waals surface area contributed by atoms with Crippen LogP contribution in [-0.4, -0.2) is 10.1 Å². The van der Waals surface area contributed by atoms with Crippen LogP contribution >= 0.6 is 0 Å². The molecule has 0 unspecified atom stereocenters. The third kappa shape index (κ3) is 2.29. The number of aryl methyl sites for hydroxylation is 1. The average Bonchev–Trinajstić information content (AvgIpc) is 2.44. The Bertz CT molecular complexity index is 720. The molecule has 0 saturated heterocycles. The summed E-state index contributed by atoms with van der Waals surface area (Å²) < 4.78 is 0. The summed E-state index contributed by atoms with van der Waals surface area (Å²) in [4.78, 5) is 4.21. The van der Waals surface area contributed by atoms with E-state index in [1.807, 2.05) is 37.4 Å². The van der Waals surface area contributed by atoms with Gasteiger partial charge in [-0.15, -0.1) is 0 Å². The lowest BCUT2D eigenvalue weighted by Crippen LogP contribution is -1.89. The van der Waals surface area contributed by atoms with E-state index in [9.17, 15) is 5.11 Å². The first-order valence-corrected chi connectivity index (χ1v) is 6.35. The number of hydrogen-bond donors (Lipinski definition) is 1. The van der Waals surface area contributed by atoms with Crippen LogP contribution < -0.4 is 0 Å².